The average Bonchev–Trinajstić information content (AvgIpc) is 2.82. The van der Waals surface area contributed by atoms with E-state index >= 15 is 0 Å². The molecule has 2 nitrogen and oxygen atoms in total. The van der Waals surface area contributed by atoms with Crippen molar-refractivity contribution in [2.24, 2.45) is 0 Å². The van der Waals surface area contributed by atoms with E-state index in [9.17, 15) is 0 Å². The van der Waals surface area contributed by atoms with E-state index in [0.29, 0.717) is 11.8 Å². The summed E-state index contributed by atoms with van der Waals surface area (Å²) in [5.74, 6) is 1.03. The quantitative estimate of drug-likeness (QED) is 0.686. The lowest BCUT2D eigenvalue weighted by molar-refractivity contribution is 0.818. The number of rotatable bonds is 2. The number of hydrogen-bond donors (Lipinski definition) is 1. The van der Waals surface area contributed by atoms with Gasteiger partial charge in [0.25, 0.3) is 0 Å². The molecule has 0 unspecified atom stereocenters. The Labute approximate surface area is 113 Å². The number of aromatic nitrogens is 2. The molecule has 0 amide bonds. The highest BCUT2D eigenvalue weighted by Crippen LogP contribution is 2.30. The maximum Gasteiger partial charge on any atom is 0.100 e. The number of nitrogens with one attached hydrogen (secondary N) is 1. The molecule has 3 aromatic rings. The van der Waals surface area contributed by atoms with Gasteiger partial charge in [0.1, 0.15) is 5.52 Å². The van der Waals surface area contributed by atoms with Gasteiger partial charge in [-0.25, -0.2) is 0 Å². The molecule has 3 rings (SSSR count). The minimum Gasteiger partial charge on any atom is -0.281 e. The van der Waals surface area contributed by atoms with E-state index in [1.54, 1.807) is 0 Å². The standard InChI is InChI=1S/C17H20N2/c1-10(2)12-5-7-14-13(9-12)6-8-15-16(11(3)4)18-19-17(14)15/h5-11H,1-4H3,(H,18,19). The van der Waals surface area contributed by atoms with E-state index in [2.05, 4.69) is 68.2 Å². The Hall–Kier alpha value is -1.83. The summed E-state index contributed by atoms with van der Waals surface area (Å²) in [6, 6.07) is 11.1. The molecule has 1 N–H and O–H groups in total. The van der Waals surface area contributed by atoms with Crippen molar-refractivity contribution in [3.8, 4) is 0 Å². The monoisotopic (exact) mass is 252 g/mol. The van der Waals surface area contributed by atoms with Crippen LogP contribution in [0.1, 0.15) is 50.8 Å². The van der Waals surface area contributed by atoms with E-state index in [1.165, 1.54) is 27.4 Å². The first-order valence-corrected chi connectivity index (χ1v) is 6.98. The molecule has 19 heavy (non-hydrogen) atoms. The fraction of sp³-hybridized carbons (Fsp3) is 0.353. The molecule has 0 bridgehead atoms. The molecule has 1 aromatic heterocycles. The van der Waals surface area contributed by atoms with E-state index in [0.717, 1.165) is 5.52 Å². The van der Waals surface area contributed by atoms with Crippen LogP contribution < -0.4 is 0 Å². The summed E-state index contributed by atoms with van der Waals surface area (Å²) < 4.78 is 0. The molecule has 0 spiro atoms. The summed E-state index contributed by atoms with van der Waals surface area (Å²) in [6.45, 7) is 8.84. The molecule has 98 valence electrons. The van der Waals surface area contributed by atoms with Crippen LogP contribution in [0.5, 0.6) is 0 Å². The Kier molecular flexibility index (Phi) is 2.81. The molecule has 2 aromatic carbocycles. The van der Waals surface area contributed by atoms with Crippen molar-refractivity contribution in [3.05, 3.63) is 41.6 Å². The number of nitrogens with zero attached hydrogens (tertiary/aromatic N) is 1. The maximum atomic E-state index is 4.52. The fourth-order valence-corrected chi connectivity index (χ4v) is 2.65. The van der Waals surface area contributed by atoms with Crippen molar-refractivity contribution in [2.45, 2.75) is 39.5 Å². The second-order valence-electron chi connectivity index (χ2n) is 5.89. The normalized spacial score (nSPS) is 12.1. The number of benzene rings is 2. The van der Waals surface area contributed by atoms with Crippen LogP contribution in [0.15, 0.2) is 30.3 Å². The van der Waals surface area contributed by atoms with E-state index in [-0.39, 0.29) is 0 Å². The summed E-state index contributed by atoms with van der Waals surface area (Å²) >= 11 is 0. The third-order valence-electron chi connectivity index (χ3n) is 3.84. The van der Waals surface area contributed by atoms with Crippen LogP contribution in [-0.4, -0.2) is 10.2 Å². The third kappa shape index (κ3) is 1.92. The first kappa shape index (κ1) is 12.2. The van der Waals surface area contributed by atoms with Crippen molar-refractivity contribution in [2.75, 3.05) is 0 Å². The molecular weight excluding hydrogens is 232 g/mol. The Bertz CT molecular complexity index is 735. The van der Waals surface area contributed by atoms with Crippen LogP contribution in [-0.2, 0) is 0 Å². The smallest absolute Gasteiger partial charge is 0.100 e. The van der Waals surface area contributed by atoms with Gasteiger partial charge in [0.15, 0.2) is 0 Å². The Morgan fingerprint density at radius 2 is 1.63 bits per heavy atom. The van der Waals surface area contributed by atoms with Gasteiger partial charge >= 0.3 is 0 Å². The second-order valence-corrected chi connectivity index (χ2v) is 5.89. The van der Waals surface area contributed by atoms with Gasteiger partial charge in [0.05, 0.1) is 0 Å². The summed E-state index contributed by atoms with van der Waals surface area (Å²) in [5.41, 5.74) is 3.70. The molecule has 0 radical (unpaired) electrons. The van der Waals surface area contributed by atoms with Crippen LogP contribution in [0, 0.1) is 0 Å². The van der Waals surface area contributed by atoms with Crippen molar-refractivity contribution >= 4 is 21.7 Å². The molecule has 0 saturated heterocycles. The lowest BCUT2D eigenvalue weighted by Gasteiger charge is -2.07. The largest absolute Gasteiger partial charge is 0.281 e. The van der Waals surface area contributed by atoms with E-state index in [4.69, 9.17) is 0 Å². The number of H-pyrrole nitrogens is 1. The van der Waals surface area contributed by atoms with E-state index < -0.39 is 0 Å². The number of fused-ring (bicyclic) bond motifs is 3. The topological polar surface area (TPSA) is 28.7 Å². The fourth-order valence-electron chi connectivity index (χ4n) is 2.65. The number of hydrogen-bond acceptors (Lipinski definition) is 1. The molecule has 0 atom stereocenters. The zero-order chi connectivity index (χ0) is 13.6. The molecule has 0 aliphatic heterocycles. The Morgan fingerprint density at radius 1 is 0.895 bits per heavy atom. The van der Waals surface area contributed by atoms with E-state index in [1.807, 2.05) is 0 Å². The van der Waals surface area contributed by atoms with Gasteiger partial charge in [0.2, 0.25) is 0 Å². The van der Waals surface area contributed by atoms with Gasteiger partial charge in [-0.2, -0.15) is 5.10 Å². The van der Waals surface area contributed by atoms with Crippen molar-refractivity contribution in [1.29, 1.82) is 0 Å². The highest BCUT2D eigenvalue weighted by molar-refractivity contribution is 6.06. The van der Waals surface area contributed by atoms with Crippen LogP contribution in [0.4, 0.5) is 0 Å². The summed E-state index contributed by atoms with van der Waals surface area (Å²) in [7, 11) is 0. The van der Waals surface area contributed by atoms with Crippen LogP contribution >= 0.6 is 0 Å². The van der Waals surface area contributed by atoms with Gasteiger partial charge in [-0.05, 0) is 22.8 Å². The maximum absolute atomic E-state index is 4.52. The van der Waals surface area contributed by atoms with Gasteiger partial charge in [0, 0.05) is 16.5 Å². The summed E-state index contributed by atoms with van der Waals surface area (Å²) in [6.07, 6.45) is 0. The summed E-state index contributed by atoms with van der Waals surface area (Å²) in [5, 5.41) is 11.5. The van der Waals surface area contributed by atoms with Gasteiger partial charge in [-0.3, -0.25) is 5.10 Å². The molecule has 0 aliphatic rings. The molecule has 0 fully saturated rings. The summed E-state index contributed by atoms with van der Waals surface area (Å²) in [4.78, 5) is 0. The minimum absolute atomic E-state index is 0.470. The van der Waals surface area contributed by atoms with Gasteiger partial charge in [-0.1, -0.05) is 58.0 Å². The Morgan fingerprint density at radius 3 is 2.32 bits per heavy atom. The molecule has 0 saturated carbocycles. The molecule has 1 heterocycles. The van der Waals surface area contributed by atoms with Gasteiger partial charge < -0.3 is 0 Å². The van der Waals surface area contributed by atoms with Crippen molar-refractivity contribution < 1.29 is 0 Å². The predicted octanol–water partition coefficient (Wildman–Crippen LogP) is 4.96. The Balaban J connectivity index is 2.30. The zero-order valence-electron chi connectivity index (χ0n) is 12.0. The van der Waals surface area contributed by atoms with Crippen LogP contribution in [0.2, 0.25) is 0 Å². The lowest BCUT2D eigenvalue weighted by Crippen LogP contribution is -1.88. The zero-order valence-corrected chi connectivity index (χ0v) is 12.0. The van der Waals surface area contributed by atoms with Gasteiger partial charge in [-0.15, -0.1) is 0 Å². The second kappa shape index (κ2) is 4.37. The van der Waals surface area contributed by atoms with Crippen molar-refractivity contribution in [3.63, 3.8) is 0 Å². The molecule has 0 aliphatic carbocycles. The highest BCUT2D eigenvalue weighted by atomic mass is 15.1. The van der Waals surface area contributed by atoms with Crippen LogP contribution in [0.25, 0.3) is 21.7 Å². The average molecular weight is 252 g/mol. The first-order chi connectivity index (χ1) is 9.08. The molecule has 2 heteroatoms. The van der Waals surface area contributed by atoms with Crippen LogP contribution in [0.3, 0.4) is 0 Å². The minimum atomic E-state index is 0.470. The van der Waals surface area contributed by atoms with Crippen molar-refractivity contribution in [1.82, 2.24) is 10.2 Å². The third-order valence-corrected chi connectivity index (χ3v) is 3.84. The number of aromatic amines is 1. The predicted molar refractivity (Wildman–Crippen MR) is 81.8 cm³/mol. The SMILES string of the molecule is CC(C)c1ccc2c(ccc3c(C(C)C)[nH]nc32)c1. The molecular formula is C17H20N2. The lowest BCUT2D eigenvalue weighted by atomic mass is 9.97. The highest BCUT2D eigenvalue weighted by Gasteiger charge is 2.11. The first-order valence-electron chi connectivity index (χ1n) is 6.98.